The average Bonchev–Trinajstić information content (AvgIpc) is 3.39. The molecule has 0 atom stereocenters. The van der Waals surface area contributed by atoms with Gasteiger partial charge in [-0.05, 0) is 44.5 Å². The van der Waals surface area contributed by atoms with Crippen molar-refractivity contribution in [1.29, 1.82) is 0 Å². The van der Waals surface area contributed by atoms with Gasteiger partial charge in [0, 0.05) is 47.7 Å². The van der Waals surface area contributed by atoms with Crippen molar-refractivity contribution in [1.82, 2.24) is 29.5 Å². The fourth-order valence-corrected chi connectivity index (χ4v) is 4.05. The number of fused-ring (bicyclic) bond motifs is 1. The SMILES string of the molecule is Cc1c2cnn(-c3ccccc3)c(=O)c2c(C)n1CCCc1nnc(-c2ccncc2)o1. The molecule has 32 heavy (non-hydrogen) atoms. The average molecular weight is 426 g/mol. The molecule has 1 aromatic carbocycles. The summed E-state index contributed by atoms with van der Waals surface area (Å²) in [5.74, 6) is 1.09. The quantitative estimate of drug-likeness (QED) is 0.409. The minimum Gasteiger partial charge on any atom is -0.421 e. The Bertz CT molecular complexity index is 1430. The van der Waals surface area contributed by atoms with Gasteiger partial charge in [-0.15, -0.1) is 10.2 Å². The summed E-state index contributed by atoms with van der Waals surface area (Å²) in [5, 5.41) is 14.3. The van der Waals surface area contributed by atoms with Crippen LogP contribution in [0.5, 0.6) is 0 Å². The molecule has 0 bridgehead atoms. The summed E-state index contributed by atoms with van der Waals surface area (Å²) in [7, 11) is 0. The van der Waals surface area contributed by atoms with Crippen molar-refractivity contribution in [3.63, 3.8) is 0 Å². The van der Waals surface area contributed by atoms with E-state index in [1.807, 2.05) is 56.3 Å². The van der Waals surface area contributed by atoms with Crippen LogP contribution >= 0.6 is 0 Å². The van der Waals surface area contributed by atoms with E-state index in [0.29, 0.717) is 23.6 Å². The van der Waals surface area contributed by atoms with E-state index in [1.54, 1.807) is 18.6 Å². The van der Waals surface area contributed by atoms with Crippen molar-refractivity contribution in [3.8, 4) is 17.1 Å². The molecular formula is C24H22N6O2. The summed E-state index contributed by atoms with van der Waals surface area (Å²) in [4.78, 5) is 17.2. The summed E-state index contributed by atoms with van der Waals surface area (Å²) >= 11 is 0. The lowest BCUT2D eigenvalue weighted by Gasteiger charge is -2.07. The molecule has 8 heteroatoms. The summed E-state index contributed by atoms with van der Waals surface area (Å²) in [5.41, 5.74) is 3.48. The van der Waals surface area contributed by atoms with Crippen molar-refractivity contribution >= 4 is 10.8 Å². The molecule has 0 aliphatic rings. The molecule has 8 nitrogen and oxygen atoms in total. The highest BCUT2D eigenvalue weighted by molar-refractivity contribution is 5.87. The van der Waals surface area contributed by atoms with Crippen LogP contribution in [0.15, 0.2) is 70.3 Å². The highest BCUT2D eigenvalue weighted by Crippen LogP contribution is 2.23. The minimum atomic E-state index is -0.105. The van der Waals surface area contributed by atoms with Crippen LogP contribution in [0.25, 0.3) is 27.9 Å². The summed E-state index contributed by atoms with van der Waals surface area (Å²) < 4.78 is 9.41. The van der Waals surface area contributed by atoms with Gasteiger partial charge in [0.05, 0.1) is 17.3 Å². The third-order valence-electron chi connectivity index (χ3n) is 5.71. The number of hydrogen-bond acceptors (Lipinski definition) is 6. The molecule has 0 unspecified atom stereocenters. The molecule has 160 valence electrons. The van der Waals surface area contributed by atoms with Gasteiger partial charge in [0.1, 0.15) is 0 Å². The van der Waals surface area contributed by atoms with E-state index < -0.39 is 0 Å². The van der Waals surface area contributed by atoms with Crippen LogP contribution < -0.4 is 5.56 Å². The van der Waals surface area contributed by atoms with Gasteiger partial charge in [-0.3, -0.25) is 9.78 Å². The number of rotatable bonds is 6. The first-order valence-electron chi connectivity index (χ1n) is 10.5. The number of aryl methyl sites for hydroxylation is 3. The molecule has 0 saturated carbocycles. The highest BCUT2D eigenvalue weighted by Gasteiger charge is 2.17. The second-order valence-corrected chi connectivity index (χ2v) is 7.65. The summed E-state index contributed by atoms with van der Waals surface area (Å²) in [6, 6.07) is 13.1. The van der Waals surface area contributed by atoms with Crippen LogP contribution in [0.3, 0.4) is 0 Å². The minimum absolute atomic E-state index is 0.105. The highest BCUT2D eigenvalue weighted by atomic mass is 16.4. The fourth-order valence-electron chi connectivity index (χ4n) is 4.05. The van der Waals surface area contributed by atoms with E-state index >= 15 is 0 Å². The molecule has 4 aromatic heterocycles. The molecule has 0 radical (unpaired) electrons. The second-order valence-electron chi connectivity index (χ2n) is 7.65. The lowest BCUT2D eigenvalue weighted by molar-refractivity contribution is 0.483. The molecule has 5 aromatic rings. The topological polar surface area (TPSA) is 91.6 Å². The second kappa shape index (κ2) is 8.22. The zero-order chi connectivity index (χ0) is 22.1. The predicted octanol–water partition coefficient (Wildman–Crippen LogP) is 3.88. The number of para-hydroxylation sites is 1. The van der Waals surface area contributed by atoms with Crippen LogP contribution in [0, 0.1) is 13.8 Å². The van der Waals surface area contributed by atoms with Crippen LogP contribution in [-0.2, 0) is 13.0 Å². The number of aromatic nitrogens is 6. The van der Waals surface area contributed by atoms with Gasteiger partial charge in [0.2, 0.25) is 11.8 Å². The Hall–Kier alpha value is -4.07. The normalized spacial score (nSPS) is 11.3. The Labute approximate surface area is 184 Å². The maximum atomic E-state index is 13.2. The van der Waals surface area contributed by atoms with Crippen molar-refractivity contribution in [2.24, 2.45) is 0 Å². The zero-order valence-corrected chi connectivity index (χ0v) is 17.9. The first kappa shape index (κ1) is 19.9. The van der Waals surface area contributed by atoms with Crippen LogP contribution in [0.4, 0.5) is 0 Å². The lowest BCUT2D eigenvalue weighted by Crippen LogP contribution is -2.21. The maximum Gasteiger partial charge on any atom is 0.281 e. The molecule has 0 aliphatic heterocycles. The number of nitrogens with zero attached hydrogens (tertiary/aromatic N) is 6. The van der Waals surface area contributed by atoms with Crippen molar-refractivity contribution in [2.75, 3.05) is 0 Å². The molecule has 0 aliphatic carbocycles. The standard InChI is InChI=1S/C24H22N6O2/c1-16-20-15-26-30(19-7-4-3-5-8-19)24(31)22(20)17(2)29(16)14-6-9-21-27-28-23(32-21)18-10-12-25-13-11-18/h3-5,7-8,10-13,15H,6,9,14H2,1-2H3. The third kappa shape index (κ3) is 3.49. The van der Waals surface area contributed by atoms with Gasteiger partial charge < -0.3 is 8.98 Å². The van der Waals surface area contributed by atoms with E-state index in [1.165, 1.54) is 4.68 Å². The van der Waals surface area contributed by atoms with Crippen molar-refractivity contribution < 1.29 is 4.42 Å². The number of benzene rings is 1. The van der Waals surface area contributed by atoms with Gasteiger partial charge in [0.25, 0.3) is 5.56 Å². The van der Waals surface area contributed by atoms with Crippen molar-refractivity contribution in [2.45, 2.75) is 33.2 Å². The van der Waals surface area contributed by atoms with Gasteiger partial charge >= 0.3 is 0 Å². The Morgan fingerprint density at radius 3 is 2.53 bits per heavy atom. The third-order valence-corrected chi connectivity index (χ3v) is 5.71. The molecule has 5 rings (SSSR count). The van der Waals surface area contributed by atoms with Gasteiger partial charge in [-0.2, -0.15) is 9.78 Å². The van der Waals surface area contributed by atoms with E-state index in [9.17, 15) is 4.79 Å². The summed E-state index contributed by atoms with van der Waals surface area (Å²) in [6.07, 6.45) is 6.63. The Balaban J connectivity index is 1.38. The van der Waals surface area contributed by atoms with Gasteiger partial charge in [0.15, 0.2) is 0 Å². The lowest BCUT2D eigenvalue weighted by atomic mass is 10.2. The fraction of sp³-hybridized carbons (Fsp3) is 0.208. The first-order valence-corrected chi connectivity index (χ1v) is 10.5. The van der Waals surface area contributed by atoms with E-state index in [-0.39, 0.29) is 5.56 Å². The Morgan fingerprint density at radius 1 is 0.969 bits per heavy atom. The van der Waals surface area contributed by atoms with Crippen LogP contribution in [0.2, 0.25) is 0 Å². The van der Waals surface area contributed by atoms with Crippen LogP contribution in [-0.4, -0.2) is 29.5 Å². The van der Waals surface area contributed by atoms with Gasteiger partial charge in [-0.1, -0.05) is 18.2 Å². The molecule has 4 heterocycles. The molecule has 0 amide bonds. The first-order chi connectivity index (χ1) is 15.6. The van der Waals surface area contributed by atoms with Crippen molar-refractivity contribution in [3.05, 3.63) is 88.7 Å². The number of pyridine rings is 1. The molecular weight excluding hydrogens is 404 g/mol. The van der Waals surface area contributed by atoms with E-state index in [0.717, 1.165) is 41.0 Å². The Morgan fingerprint density at radius 2 is 1.75 bits per heavy atom. The monoisotopic (exact) mass is 426 g/mol. The Kier molecular flexibility index (Phi) is 5.10. The van der Waals surface area contributed by atoms with E-state index in [4.69, 9.17) is 4.42 Å². The van der Waals surface area contributed by atoms with Crippen LogP contribution in [0.1, 0.15) is 23.7 Å². The molecule has 0 fully saturated rings. The molecule has 0 saturated heterocycles. The summed E-state index contributed by atoms with van der Waals surface area (Å²) in [6.45, 7) is 4.75. The smallest absolute Gasteiger partial charge is 0.281 e. The largest absolute Gasteiger partial charge is 0.421 e. The van der Waals surface area contributed by atoms with E-state index in [2.05, 4.69) is 24.8 Å². The van der Waals surface area contributed by atoms with Gasteiger partial charge in [-0.25, -0.2) is 0 Å². The maximum absolute atomic E-state index is 13.2. The predicted molar refractivity (Wildman–Crippen MR) is 121 cm³/mol. The number of hydrogen-bond donors (Lipinski definition) is 0. The molecule has 0 spiro atoms. The zero-order valence-electron chi connectivity index (χ0n) is 17.9. The molecule has 0 N–H and O–H groups in total.